The topological polar surface area (TPSA) is 53.4 Å². The molecular formula is C12H10N2O2S. The normalized spacial score (nSPS) is 14.7. The summed E-state index contributed by atoms with van der Waals surface area (Å²) in [7, 11) is 0. The van der Waals surface area contributed by atoms with Crippen molar-refractivity contribution in [2.45, 2.75) is 0 Å². The summed E-state index contributed by atoms with van der Waals surface area (Å²) in [6.07, 6.45) is 4.21. The lowest BCUT2D eigenvalue weighted by Crippen LogP contribution is -2.17. The SMILES string of the molecule is O=C(O)c1ccc2nc(N3CC=CC3)sc2c1. The van der Waals surface area contributed by atoms with Crippen LogP contribution in [0.1, 0.15) is 10.4 Å². The number of carboxylic acids is 1. The van der Waals surface area contributed by atoms with Crippen LogP contribution in [0.4, 0.5) is 5.13 Å². The van der Waals surface area contributed by atoms with Gasteiger partial charge in [-0.25, -0.2) is 9.78 Å². The lowest BCUT2D eigenvalue weighted by molar-refractivity contribution is 0.0697. The summed E-state index contributed by atoms with van der Waals surface area (Å²) in [6, 6.07) is 5.04. The van der Waals surface area contributed by atoms with Gasteiger partial charge < -0.3 is 10.0 Å². The molecular weight excluding hydrogens is 236 g/mol. The van der Waals surface area contributed by atoms with E-state index in [0.29, 0.717) is 5.56 Å². The average Bonchev–Trinajstić information content (AvgIpc) is 2.96. The second-order valence-corrected chi connectivity index (χ2v) is 4.87. The van der Waals surface area contributed by atoms with Crippen molar-refractivity contribution in [2.24, 2.45) is 0 Å². The molecule has 1 aliphatic heterocycles. The van der Waals surface area contributed by atoms with E-state index in [9.17, 15) is 4.79 Å². The zero-order valence-corrected chi connectivity index (χ0v) is 9.78. The van der Waals surface area contributed by atoms with E-state index in [-0.39, 0.29) is 0 Å². The Labute approximate surface area is 102 Å². The first-order chi connectivity index (χ1) is 8.24. The lowest BCUT2D eigenvalue weighted by Gasteiger charge is -2.11. The number of aromatic carboxylic acids is 1. The first kappa shape index (κ1) is 10.3. The third kappa shape index (κ3) is 1.78. The Morgan fingerprint density at radius 2 is 2.12 bits per heavy atom. The third-order valence-corrected chi connectivity index (χ3v) is 3.79. The Morgan fingerprint density at radius 3 is 2.82 bits per heavy atom. The van der Waals surface area contributed by atoms with Crippen molar-refractivity contribution < 1.29 is 9.90 Å². The minimum Gasteiger partial charge on any atom is -0.478 e. The maximum Gasteiger partial charge on any atom is 0.335 e. The Kier molecular flexibility index (Phi) is 2.33. The molecule has 0 fully saturated rings. The van der Waals surface area contributed by atoms with Gasteiger partial charge in [0.1, 0.15) is 0 Å². The van der Waals surface area contributed by atoms with Gasteiger partial charge in [-0.05, 0) is 18.2 Å². The molecule has 0 amide bonds. The van der Waals surface area contributed by atoms with Gasteiger partial charge in [0.15, 0.2) is 5.13 Å². The fourth-order valence-electron chi connectivity index (χ4n) is 1.82. The lowest BCUT2D eigenvalue weighted by atomic mass is 10.2. The van der Waals surface area contributed by atoms with Crippen LogP contribution < -0.4 is 4.90 Å². The Hall–Kier alpha value is -1.88. The van der Waals surface area contributed by atoms with Crippen molar-refractivity contribution in [3.05, 3.63) is 35.9 Å². The van der Waals surface area contributed by atoms with Crippen LogP contribution in [-0.4, -0.2) is 29.1 Å². The molecule has 17 heavy (non-hydrogen) atoms. The largest absolute Gasteiger partial charge is 0.478 e. The monoisotopic (exact) mass is 246 g/mol. The quantitative estimate of drug-likeness (QED) is 0.826. The van der Waals surface area contributed by atoms with Gasteiger partial charge in [-0.1, -0.05) is 23.5 Å². The molecule has 0 aliphatic carbocycles. The van der Waals surface area contributed by atoms with Crippen LogP contribution in [0.25, 0.3) is 10.2 Å². The molecule has 2 heterocycles. The van der Waals surface area contributed by atoms with Gasteiger partial charge in [-0.15, -0.1) is 0 Å². The van der Waals surface area contributed by atoms with Crippen LogP contribution in [0, 0.1) is 0 Å². The van der Waals surface area contributed by atoms with Crippen molar-refractivity contribution in [3.8, 4) is 0 Å². The first-order valence-electron chi connectivity index (χ1n) is 5.28. The van der Waals surface area contributed by atoms with E-state index in [1.54, 1.807) is 18.2 Å². The number of benzene rings is 1. The van der Waals surface area contributed by atoms with Gasteiger partial charge in [0, 0.05) is 13.1 Å². The molecule has 2 aromatic rings. The van der Waals surface area contributed by atoms with E-state index in [1.807, 2.05) is 0 Å². The number of fused-ring (bicyclic) bond motifs is 1. The number of hydrogen-bond donors (Lipinski definition) is 1. The van der Waals surface area contributed by atoms with Crippen molar-refractivity contribution >= 4 is 32.7 Å². The van der Waals surface area contributed by atoms with Gasteiger partial charge in [0.05, 0.1) is 15.8 Å². The van der Waals surface area contributed by atoms with Crippen molar-refractivity contribution in [2.75, 3.05) is 18.0 Å². The molecule has 0 bridgehead atoms. The molecule has 0 radical (unpaired) electrons. The molecule has 1 aliphatic rings. The predicted molar refractivity (Wildman–Crippen MR) is 67.9 cm³/mol. The highest BCUT2D eigenvalue weighted by Gasteiger charge is 2.13. The number of nitrogens with zero attached hydrogens (tertiary/aromatic N) is 2. The van der Waals surface area contributed by atoms with Gasteiger partial charge in [0.2, 0.25) is 0 Å². The molecule has 86 valence electrons. The maximum absolute atomic E-state index is 10.9. The van der Waals surface area contributed by atoms with Crippen LogP contribution in [0.15, 0.2) is 30.4 Å². The van der Waals surface area contributed by atoms with Crippen molar-refractivity contribution in [1.82, 2.24) is 4.98 Å². The van der Waals surface area contributed by atoms with Gasteiger partial charge in [0.25, 0.3) is 0 Å². The van der Waals surface area contributed by atoms with E-state index in [4.69, 9.17) is 5.11 Å². The maximum atomic E-state index is 10.9. The molecule has 0 spiro atoms. The van der Waals surface area contributed by atoms with Crippen LogP contribution >= 0.6 is 11.3 Å². The van der Waals surface area contributed by atoms with Crippen molar-refractivity contribution in [3.63, 3.8) is 0 Å². The van der Waals surface area contributed by atoms with Gasteiger partial charge in [-0.3, -0.25) is 0 Å². The Morgan fingerprint density at radius 1 is 1.35 bits per heavy atom. The summed E-state index contributed by atoms with van der Waals surface area (Å²) in [4.78, 5) is 17.5. The number of carboxylic acid groups (broad SMARTS) is 1. The standard InChI is InChI=1S/C12H10N2O2S/c15-11(16)8-3-4-9-10(7-8)17-12(13-9)14-5-1-2-6-14/h1-4,7H,5-6H2,(H,15,16). The van der Waals surface area contributed by atoms with E-state index < -0.39 is 5.97 Å². The smallest absolute Gasteiger partial charge is 0.335 e. The molecule has 0 unspecified atom stereocenters. The summed E-state index contributed by atoms with van der Waals surface area (Å²) in [5, 5.41) is 9.88. The Balaban J connectivity index is 2.03. The number of anilines is 1. The number of carbonyl (C=O) groups is 1. The highest BCUT2D eigenvalue weighted by Crippen LogP contribution is 2.30. The summed E-state index contributed by atoms with van der Waals surface area (Å²) in [5.41, 5.74) is 1.18. The highest BCUT2D eigenvalue weighted by molar-refractivity contribution is 7.22. The summed E-state index contributed by atoms with van der Waals surface area (Å²) in [5.74, 6) is -0.898. The van der Waals surface area contributed by atoms with Crippen LogP contribution in [0.2, 0.25) is 0 Å². The van der Waals surface area contributed by atoms with E-state index in [2.05, 4.69) is 22.0 Å². The summed E-state index contributed by atoms with van der Waals surface area (Å²) >= 11 is 1.54. The number of thiazole rings is 1. The zero-order valence-electron chi connectivity index (χ0n) is 8.96. The highest BCUT2D eigenvalue weighted by atomic mass is 32.1. The molecule has 4 nitrogen and oxygen atoms in total. The second-order valence-electron chi connectivity index (χ2n) is 3.86. The van der Waals surface area contributed by atoms with Crippen molar-refractivity contribution in [1.29, 1.82) is 0 Å². The molecule has 3 rings (SSSR count). The minimum atomic E-state index is -0.898. The minimum absolute atomic E-state index is 0.312. The summed E-state index contributed by atoms with van der Waals surface area (Å²) in [6.45, 7) is 1.76. The number of aromatic nitrogens is 1. The molecule has 1 N–H and O–H groups in total. The van der Waals surface area contributed by atoms with Crippen LogP contribution in [0.5, 0.6) is 0 Å². The molecule has 1 aromatic heterocycles. The van der Waals surface area contributed by atoms with Crippen LogP contribution in [-0.2, 0) is 0 Å². The zero-order chi connectivity index (χ0) is 11.8. The van der Waals surface area contributed by atoms with Gasteiger partial charge >= 0.3 is 5.97 Å². The molecule has 5 heteroatoms. The molecule has 1 aromatic carbocycles. The molecule has 0 saturated heterocycles. The average molecular weight is 246 g/mol. The third-order valence-electron chi connectivity index (χ3n) is 2.71. The number of rotatable bonds is 2. The fourth-order valence-corrected chi connectivity index (χ4v) is 2.84. The van der Waals surface area contributed by atoms with Crippen LogP contribution in [0.3, 0.4) is 0 Å². The van der Waals surface area contributed by atoms with E-state index >= 15 is 0 Å². The first-order valence-corrected chi connectivity index (χ1v) is 6.09. The number of hydrogen-bond acceptors (Lipinski definition) is 4. The Bertz CT molecular complexity index is 610. The molecule has 0 atom stereocenters. The van der Waals surface area contributed by atoms with E-state index in [1.165, 1.54) is 11.3 Å². The van der Waals surface area contributed by atoms with Gasteiger partial charge in [-0.2, -0.15) is 0 Å². The summed E-state index contributed by atoms with van der Waals surface area (Å²) < 4.78 is 0.923. The fraction of sp³-hybridized carbons (Fsp3) is 0.167. The predicted octanol–water partition coefficient (Wildman–Crippen LogP) is 2.37. The second kappa shape index (κ2) is 3.85. The van der Waals surface area contributed by atoms with E-state index in [0.717, 1.165) is 28.4 Å². The molecule has 0 saturated carbocycles.